The first-order valence-corrected chi connectivity index (χ1v) is 9.73. The third-order valence-corrected chi connectivity index (χ3v) is 5.94. The molecular formula is C19H23FN2O3S. The Morgan fingerprint density at radius 1 is 1.12 bits per heavy atom. The van der Waals surface area contributed by atoms with Crippen molar-refractivity contribution in [3.63, 3.8) is 0 Å². The zero-order valence-electron chi connectivity index (χ0n) is 15.1. The maximum Gasteiger partial charge on any atom is 0.242 e. The lowest BCUT2D eigenvalue weighted by Crippen LogP contribution is -2.28. The van der Waals surface area contributed by atoms with Crippen LogP contribution in [0.5, 0.6) is 0 Å². The van der Waals surface area contributed by atoms with Crippen molar-refractivity contribution in [1.29, 1.82) is 0 Å². The second kappa shape index (κ2) is 8.42. The van der Waals surface area contributed by atoms with Gasteiger partial charge in [0, 0.05) is 25.7 Å². The van der Waals surface area contributed by atoms with Gasteiger partial charge in [0.1, 0.15) is 5.82 Å². The van der Waals surface area contributed by atoms with E-state index in [1.807, 2.05) is 32.0 Å². The molecule has 0 atom stereocenters. The van der Waals surface area contributed by atoms with E-state index in [4.69, 9.17) is 0 Å². The van der Waals surface area contributed by atoms with Crippen LogP contribution in [0.25, 0.3) is 0 Å². The van der Waals surface area contributed by atoms with E-state index in [1.54, 1.807) is 0 Å². The molecule has 0 spiro atoms. The van der Waals surface area contributed by atoms with Crippen molar-refractivity contribution in [3.8, 4) is 0 Å². The number of sulfonamides is 1. The average Bonchev–Trinajstić information content (AvgIpc) is 2.58. The second-order valence-corrected chi connectivity index (χ2v) is 8.30. The summed E-state index contributed by atoms with van der Waals surface area (Å²) >= 11 is 0. The Bertz CT molecular complexity index is 880. The lowest BCUT2D eigenvalue weighted by atomic mass is 10.1. The number of benzene rings is 2. The summed E-state index contributed by atoms with van der Waals surface area (Å²) in [6, 6.07) is 10.5. The van der Waals surface area contributed by atoms with Gasteiger partial charge in [-0.25, -0.2) is 17.1 Å². The van der Waals surface area contributed by atoms with E-state index in [0.29, 0.717) is 6.42 Å². The molecule has 0 bridgehead atoms. The Hall–Kier alpha value is -2.25. The highest BCUT2D eigenvalue weighted by Gasteiger charge is 2.20. The fraction of sp³-hybridized carbons (Fsp3) is 0.316. The van der Waals surface area contributed by atoms with Gasteiger partial charge in [0.05, 0.1) is 4.90 Å². The summed E-state index contributed by atoms with van der Waals surface area (Å²) in [6.45, 7) is 4.06. The summed E-state index contributed by atoms with van der Waals surface area (Å²) in [4.78, 5) is 12.1. The molecular weight excluding hydrogens is 355 g/mol. The highest BCUT2D eigenvalue weighted by atomic mass is 32.2. The SMILES string of the molecule is Cc1ccc(C)c(NC(=O)CCCN(C)S(=O)(=O)c2ccc(F)cc2)c1. The van der Waals surface area contributed by atoms with Crippen LogP contribution < -0.4 is 5.32 Å². The maximum absolute atomic E-state index is 12.9. The van der Waals surface area contributed by atoms with Crippen molar-refractivity contribution in [2.24, 2.45) is 0 Å². The van der Waals surface area contributed by atoms with E-state index in [1.165, 1.54) is 23.5 Å². The van der Waals surface area contributed by atoms with Crippen LogP contribution in [0, 0.1) is 19.7 Å². The first kappa shape index (κ1) is 20.1. The number of nitrogens with zero attached hydrogens (tertiary/aromatic N) is 1. The number of carbonyl (C=O) groups is 1. The Kier molecular flexibility index (Phi) is 6.50. The largest absolute Gasteiger partial charge is 0.326 e. The van der Waals surface area contributed by atoms with Crippen LogP contribution in [0.3, 0.4) is 0 Å². The highest BCUT2D eigenvalue weighted by Crippen LogP contribution is 2.18. The normalized spacial score (nSPS) is 11.6. The quantitative estimate of drug-likeness (QED) is 0.802. The minimum Gasteiger partial charge on any atom is -0.326 e. The number of anilines is 1. The average molecular weight is 378 g/mol. The molecule has 5 nitrogen and oxygen atoms in total. The van der Waals surface area contributed by atoms with E-state index in [9.17, 15) is 17.6 Å². The molecule has 0 aliphatic carbocycles. The van der Waals surface area contributed by atoms with Gasteiger partial charge in [0.15, 0.2) is 0 Å². The van der Waals surface area contributed by atoms with Gasteiger partial charge in [-0.2, -0.15) is 0 Å². The van der Waals surface area contributed by atoms with Gasteiger partial charge < -0.3 is 5.32 Å². The fourth-order valence-electron chi connectivity index (χ4n) is 2.45. The lowest BCUT2D eigenvalue weighted by molar-refractivity contribution is -0.116. The second-order valence-electron chi connectivity index (χ2n) is 6.25. The minimum atomic E-state index is -3.69. The summed E-state index contributed by atoms with van der Waals surface area (Å²) in [5.41, 5.74) is 2.79. The topological polar surface area (TPSA) is 66.5 Å². The first-order chi connectivity index (χ1) is 12.2. The lowest BCUT2D eigenvalue weighted by Gasteiger charge is -2.17. The van der Waals surface area contributed by atoms with Gasteiger partial charge in [-0.3, -0.25) is 4.79 Å². The molecule has 2 rings (SSSR count). The van der Waals surface area contributed by atoms with Gasteiger partial charge in [0.2, 0.25) is 15.9 Å². The number of halogens is 1. The molecule has 0 radical (unpaired) electrons. The van der Waals surface area contributed by atoms with Crippen molar-refractivity contribution >= 4 is 21.6 Å². The van der Waals surface area contributed by atoms with Crippen molar-refractivity contribution in [1.82, 2.24) is 4.31 Å². The molecule has 0 unspecified atom stereocenters. The molecule has 0 fully saturated rings. The van der Waals surface area contributed by atoms with Gasteiger partial charge in [0.25, 0.3) is 0 Å². The molecule has 0 heterocycles. The molecule has 0 aliphatic heterocycles. The van der Waals surface area contributed by atoms with Gasteiger partial charge in [-0.15, -0.1) is 0 Å². The summed E-state index contributed by atoms with van der Waals surface area (Å²) in [5, 5.41) is 2.85. The molecule has 2 aromatic carbocycles. The van der Waals surface area contributed by atoms with E-state index in [0.717, 1.165) is 28.9 Å². The molecule has 0 saturated heterocycles. The number of amides is 1. The van der Waals surface area contributed by atoms with Crippen molar-refractivity contribution in [2.75, 3.05) is 18.9 Å². The van der Waals surface area contributed by atoms with Crippen molar-refractivity contribution in [3.05, 3.63) is 59.4 Å². The molecule has 0 aromatic heterocycles. The molecule has 0 aliphatic rings. The Balaban J connectivity index is 1.89. The Labute approximate surface area is 153 Å². The van der Waals surface area contributed by atoms with E-state index < -0.39 is 15.8 Å². The number of hydrogen-bond acceptors (Lipinski definition) is 3. The van der Waals surface area contributed by atoms with Crippen molar-refractivity contribution in [2.45, 2.75) is 31.6 Å². The van der Waals surface area contributed by atoms with E-state index >= 15 is 0 Å². The van der Waals surface area contributed by atoms with Gasteiger partial charge in [-0.05, 0) is 61.7 Å². The van der Waals surface area contributed by atoms with E-state index in [-0.39, 0.29) is 23.8 Å². The highest BCUT2D eigenvalue weighted by molar-refractivity contribution is 7.89. The predicted octanol–water partition coefficient (Wildman–Crippen LogP) is 3.48. The monoisotopic (exact) mass is 378 g/mol. The van der Waals surface area contributed by atoms with Crippen molar-refractivity contribution < 1.29 is 17.6 Å². The number of hydrogen-bond donors (Lipinski definition) is 1. The Morgan fingerprint density at radius 3 is 2.42 bits per heavy atom. The minimum absolute atomic E-state index is 0.0289. The maximum atomic E-state index is 12.9. The molecule has 7 heteroatoms. The van der Waals surface area contributed by atoms with Crippen LogP contribution in [0.1, 0.15) is 24.0 Å². The molecule has 1 amide bonds. The first-order valence-electron chi connectivity index (χ1n) is 8.29. The third kappa shape index (κ3) is 5.12. The standard InChI is InChI=1S/C19H23FN2O3S/c1-14-6-7-15(2)18(13-14)21-19(23)5-4-12-22(3)26(24,25)17-10-8-16(20)9-11-17/h6-11,13H,4-5,12H2,1-3H3,(H,21,23). The van der Waals surface area contributed by atoms with Crippen LogP contribution in [0.4, 0.5) is 10.1 Å². The number of rotatable bonds is 7. The third-order valence-electron chi connectivity index (χ3n) is 4.07. The summed E-state index contributed by atoms with van der Waals surface area (Å²) in [5.74, 6) is -0.652. The predicted molar refractivity (Wildman–Crippen MR) is 100.0 cm³/mol. The Morgan fingerprint density at radius 2 is 1.77 bits per heavy atom. The van der Waals surface area contributed by atoms with Crippen LogP contribution in [0.2, 0.25) is 0 Å². The smallest absolute Gasteiger partial charge is 0.242 e. The molecule has 26 heavy (non-hydrogen) atoms. The summed E-state index contributed by atoms with van der Waals surface area (Å²) in [6.07, 6.45) is 0.588. The number of aryl methyl sites for hydroxylation is 2. The summed E-state index contributed by atoms with van der Waals surface area (Å²) in [7, 11) is -2.24. The molecule has 0 saturated carbocycles. The zero-order chi connectivity index (χ0) is 19.3. The van der Waals surface area contributed by atoms with Crippen LogP contribution in [-0.2, 0) is 14.8 Å². The molecule has 140 valence electrons. The van der Waals surface area contributed by atoms with Crippen LogP contribution in [-0.4, -0.2) is 32.2 Å². The molecule has 1 N–H and O–H groups in total. The van der Waals surface area contributed by atoms with E-state index in [2.05, 4.69) is 5.32 Å². The summed E-state index contributed by atoms with van der Waals surface area (Å²) < 4.78 is 38.9. The number of nitrogens with one attached hydrogen (secondary N) is 1. The van der Waals surface area contributed by atoms with Crippen LogP contribution in [0.15, 0.2) is 47.4 Å². The van der Waals surface area contributed by atoms with Gasteiger partial charge >= 0.3 is 0 Å². The van der Waals surface area contributed by atoms with Gasteiger partial charge in [-0.1, -0.05) is 12.1 Å². The van der Waals surface area contributed by atoms with Crippen LogP contribution >= 0.6 is 0 Å². The fourth-order valence-corrected chi connectivity index (χ4v) is 3.66. The molecule has 2 aromatic rings. The zero-order valence-corrected chi connectivity index (χ0v) is 15.9. The number of carbonyl (C=O) groups excluding carboxylic acids is 1.